The van der Waals surface area contributed by atoms with Crippen molar-refractivity contribution in [3.8, 4) is 0 Å². The molecular weight excluding hydrogens is 1070 g/mol. The molecule has 8 amide bonds. The van der Waals surface area contributed by atoms with Crippen LogP contribution in [-0.4, -0.2) is 213 Å². The number of carboxylic acids is 1. The number of anilines is 3. The van der Waals surface area contributed by atoms with Gasteiger partial charge in [-0.3, -0.25) is 54.0 Å². The van der Waals surface area contributed by atoms with Crippen molar-refractivity contribution in [1.82, 2.24) is 61.7 Å². The molecular formula is C49H76N16O16. The number of hydrogen-bond acceptors (Lipinski definition) is 23. The van der Waals surface area contributed by atoms with Crippen LogP contribution in [0.1, 0.15) is 88.2 Å². The summed E-state index contributed by atoms with van der Waals surface area (Å²) in [4.78, 5) is 130. The van der Waals surface area contributed by atoms with Gasteiger partial charge in [0.25, 0.3) is 5.91 Å². The van der Waals surface area contributed by atoms with E-state index in [9.17, 15) is 63.9 Å². The van der Waals surface area contributed by atoms with Crippen LogP contribution in [-0.2, 0) is 59.1 Å². The maximum Gasteiger partial charge on any atom is 0.326 e. The first-order valence-electron chi connectivity index (χ1n) is 25.9. The van der Waals surface area contributed by atoms with Gasteiger partial charge in [-0.05, 0) is 69.2 Å². The normalized spacial score (nSPS) is 12.5. The van der Waals surface area contributed by atoms with Gasteiger partial charge in [0.15, 0.2) is 17.0 Å². The molecule has 0 bridgehead atoms. The van der Waals surface area contributed by atoms with Crippen molar-refractivity contribution in [2.75, 3.05) is 95.8 Å². The summed E-state index contributed by atoms with van der Waals surface area (Å²) in [5, 5.41) is 53.2. The zero-order chi connectivity index (χ0) is 60.0. The summed E-state index contributed by atoms with van der Waals surface area (Å²) >= 11 is 0. The van der Waals surface area contributed by atoms with Crippen LogP contribution in [0, 0.1) is 0 Å². The van der Waals surface area contributed by atoms with Gasteiger partial charge in [-0.25, -0.2) is 30.0 Å². The molecule has 4 atom stereocenters. The van der Waals surface area contributed by atoms with Crippen LogP contribution in [0.5, 0.6) is 0 Å². The third kappa shape index (κ3) is 25.3. The van der Waals surface area contributed by atoms with Gasteiger partial charge in [-0.15, -0.1) is 0 Å². The Labute approximate surface area is 466 Å². The molecule has 3 aromatic rings. The molecule has 2 aromatic heterocycles. The lowest BCUT2D eigenvalue weighted by atomic mass is 10.1. The number of nitrogens with zero attached hydrogens (tertiary/aromatic N) is 8. The van der Waals surface area contributed by atoms with Crippen molar-refractivity contribution < 1.29 is 78.1 Å². The van der Waals surface area contributed by atoms with Crippen LogP contribution in [0.25, 0.3) is 11.2 Å². The lowest BCUT2D eigenvalue weighted by Crippen LogP contribution is -2.56. The minimum atomic E-state index is -1.34. The third-order valence-electron chi connectivity index (χ3n) is 11.9. The summed E-state index contributed by atoms with van der Waals surface area (Å²) in [5.41, 5.74) is 19.6. The van der Waals surface area contributed by atoms with Crippen LogP contribution in [0.3, 0.4) is 0 Å². The highest BCUT2D eigenvalue weighted by atomic mass is 16.5. The summed E-state index contributed by atoms with van der Waals surface area (Å²) in [6.45, 7) is 4.21. The smallest absolute Gasteiger partial charge is 0.326 e. The van der Waals surface area contributed by atoms with Crippen molar-refractivity contribution in [3.63, 3.8) is 0 Å². The number of carbonyl (C=O) groups is 9. The molecule has 0 radical (unpaired) electrons. The summed E-state index contributed by atoms with van der Waals surface area (Å²) in [7, 11) is 1.80. The van der Waals surface area contributed by atoms with Crippen molar-refractivity contribution >= 4 is 81.8 Å². The molecule has 32 nitrogen and oxygen atoms in total. The number of nitrogens with two attached hydrogens (primary N) is 3. The lowest BCUT2D eigenvalue weighted by Gasteiger charge is -2.25. The molecule has 0 aliphatic heterocycles. The summed E-state index contributed by atoms with van der Waals surface area (Å²) < 4.78 is 16.5. The molecule has 2 unspecified atom stereocenters. The van der Waals surface area contributed by atoms with E-state index in [1.807, 2.05) is 4.90 Å². The molecule has 0 aliphatic rings. The zero-order valence-electron chi connectivity index (χ0n) is 45.8. The van der Waals surface area contributed by atoms with E-state index < -0.39 is 77.4 Å². The van der Waals surface area contributed by atoms with E-state index >= 15 is 0 Å². The Bertz CT molecular complexity index is 2570. The number of hydroxylamine groups is 6. The largest absolute Gasteiger partial charge is 0.480 e. The molecule has 81 heavy (non-hydrogen) atoms. The molecule has 2 heterocycles. The van der Waals surface area contributed by atoms with E-state index in [0.29, 0.717) is 32.9 Å². The molecule has 448 valence electrons. The van der Waals surface area contributed by atoms with Crippen LogP contribution < -0.4 is 48.7 Å². The fraction of sp³-hybridized carbons (Fsp3) is 0.571. The summed E-state index contributed by atoms with van der Waals surface area (Å²) in [6, 6.07) is 1.42. The van der Waals surface area contributed by atoms with Gasteiger partial charge in [0.05, 0.1) is 64.1 Å². The van der Waals surface area contributed by atoms with Crippen LogP contribution in [0.15, 0.2) is 30.5 Å². The predicted octanol–water partition coefficient (Wildman–Crippen LogP) is -2.18. The molecule has 3 rings (SSSR count). The zero-order valence-corrected chi connectivity index (χ0v) is 45.8. The third-order valence-corrected chi connectivity index (χ3v) is 11.9. The second-order valence-electron chi connectivity index (χ2n) is 18.4. The quantitative estimate of drug-likeness (QED) is 0.0165. The van der Waals surface area contributed by atoms with Crippen molar-refractivity contribution in [3.05, 3.63) is 41.7 Å². The molecule has 32 heteroatoms. The predicted molar refractivity (Wildman–Crippen MR) is 286 cm³/mol. The fourth-order valence-electron chi connectivity index (χ4n) is 7.34. The number of nitrogen functional groups attached to an aromatic ring is 2. The lowest BCUT2D eigenvalue weighted by molar-refractivity contribution is -0.163. The number of rotatable bonds is 38. The molecule has 0 aliphatic carbocycles. The van der Waals surface area contributed by atoms with Gasteiger partial charge in [-0.1, -0.05) is 0 Å². The Hall–Kier alpha value is -8.01. The van der Waals surface area contributed by atoms with E-state index in [1.165, 1.54) is 18.3 Å². The molecule has 0 saturated carbocycles. The number of hydrogen-bond donors (Lipinski definition) is 12. The number of nitrogens with one attached hydrogen (secondary N) is 5. The molecule has 15 N–H and O–H groups in total. The topological polar surface area (TPSA) is 465 Å². The minimum absolute atomic E-state index is 0.00231. The Balaban J connectivity index is 1.34. The number of ether oxygens (including phenoxy) is 3. The van der Waals surface area contributed by atoms with Gasteiger partial charge >= 0.3 is 5.97 Å². The maximum absolute atomic E-state index is 13.6. The van der Waals surface area contributed by atoms with Crippen molar-refractivity contribution in [1.29, 1.82) is 0 Å². The second kappa shape index (κ2) is 35.6. The number of fused-ring (bicyclic) bond motifs is 1. The van der Waals surface area contributed by atoms with E-state index in [1.54, 1.807) is 19.2 Å². The van der Waals surface area contributed by atoms with E-state index in [4.69, 9.17) is 31.4 Å². The van der Waals surface area contributed by atoms with E-state index in [0.717, 1.165) is 26.5 Å². The highest BCUT2D eigenvalue weighted by Gasteiger charge is 2.29. The van der Waals surface area contributed by atoms with Gasteiger partial charge in [0, 0.05) is 78.2 Å². The number of aromatic nitrogens is 4. The number of carboxylic acid groups (broad SMARTS) is 1. The fourth-order valence-corrected chi connectivity index (χ4v) is 7.34. The first kappa shape index (κ1) is 67.3. The maximum atomic E-state index is 13.6. The van der Waals surface area contributed by atoms with Gasteiger partial charge in [0.1, 0.15) is 18.1 Å². The number of aliphatic carboxylic acids is 1. The highest BCUT2D eigenvalue weighted by molar-refractivity contribution is 5.97. The summed E-state index contributed by atoms with van der Waals surface area (Å²) in [6.07, 6.45) is 1.30. The standard InChI is InChI=1S/C49H76N16O16/c1-30(66)63(76)19-5-8-36(50)45(71)57-38(10-7-21-65(78)32(3)68)47(73)58-37(9-6-20-64(77)31(2)67)46(72)54-18-23-80-25-27-81-26-24-79-22-17-53-40(69)16-15-39(48(74)75)59-44(70)33-11-13-35(14-12-33)62(4)29-34-28-55-43-41(56-34)42(51)60-49(52)61-43/h11-14,28,36-39,76-78H,5-10,15-27,29,50H2,1-4H3,(H,53,69)(H,54,72)(H,57,71)(H,58,73)(H,59,70)(H,74,75)(H4,51,52,55,60,61)/t36?,37?,38-,39+/m0/s1. The SMILES string of the molecule is CC(=O)N(O)CCCC(N)C(=O)N[C@@H](CCCN(O)C(C)=O)C(=O)NC(CCCN(O)C(C)=O)C(=O)NCCOCCOCCOCCNC(=O)CC[C@@H](NC(=O)c1ccc(N(C)Cc2cnc3nc(N)nc(N)c3n2)cc1)C(=O)O. The Morgan fingerprint density at radius 1 is 0.617 bits per heavy atom. The van der Waals surface area contributed by atoms with Crippen LogP contribution >= 0.6 is 0 Å². The monoisotopic (exact) mass is 1140 g/mol. The van der Waals surface area contributed by atoms with Crippen LogP contribution in [0.4, 0.5) is 17.5 Å². The Morgan fingerprint density at radius 3 is 1.67 bits per heavy atom. The average Bonchev–Trinajstić information content (AvgIpc) is 3.42. The second-order valence-corrected chi connectivity index (χ2v) is 18.4. The minimum Gasteiger partial charge on any atom is -0.480 e. The Kier molecular flexibility index (Phi) is 29.5. The molecule has 0 saturated heterocycles. The summed E-state index contributed by atoms with van der Waals surface area (Å²) in [5.74, 6) is -6.44. The van der Waals surface area contributed by atoms with Crippen LogP contribution in [0.2, 0.25) is 0 Å². The van der Waals surface area contributed by atoms with Crippen molar-refractivity contribution in [2.24, 2.45) is 5.73 Å². The first-order valence-corrected chi connectivity index (χ1v) is 25.9. The number of carbonyl (C=O) groups excluding carboxylic acids is 8. The first-order chi connectivity index (χ1) is 38.5. The van der Waals surface area contributed by atoms with Gasteiger partial charge < -0.3 is 68.0 Å². The molecule has 0 fully saturated rings. The van der Waals surface area contributed by atoms with Gasteiger partial charge in [0.2, 0.25) is 47.3 Å². The molecule has 1 aromatic carbocycles. The van der Waals surface area contributed by atoms with E-state index in [-0.39, 0.29) is 147 Å². The Morgan fingerprint density at radius 2 is 1.12 bits per heavy atom. The van der Waals surface area contributed by atoms with Crippen molar-refractivity contribution in [2.45, 2.75) is 103 Å². The number of benzene rings is 1. The average molecular weight is 1150 g/mol. The van der Waals surface area contributed by atoms with Gasteiger partial charge in [-0.2, -0.15) is 9.97 Å². The van der Waals surface area contributed by atoms with E-state index in [2.05, 4.69) is 46.5 Å². The molecule has 0 spiro atoms. The highest BCUT2D eigenvalue weighted by Crippen LogP contribution is 2.19. The number of amides is 8.